The molecule has 0 nitrogen and oxygen atoms in total. The molecular weight excluding hydrogens is 297 g/mol. The van der Waals surface area contributed by atoms with E-state index in [2.05, 4.69) is 6.58 Å². The second-order valence-electron chi connectivity index (χ2n) is 3.03. The number of rotatable bonds is 5. The number of hydrogen-bond acceptors (Lipinski definition) is 0. The van der Waals surface area contributed by atoms with Crippen molar-refractivity contribution >= 4 is 58.0 Å². The second kappa shape index (κ2) is 7.09. The Kier molecular flexibility index (Phi) is 7.40. The van der Waals surface area contributed by atoms with Crippen LogP contribution in [-0.2, 0) is 0 Å². The summed E-state index contributed by atoms with van der Waals surface area (Å²) in [6.45, 7) is 5.35. The third-order valence-electron chi connectivity index (χ3n) is 1.77. The first-order valence-electron chi connectivity index (χ1n) is 4.08. The van der Waals surface area contributed by atoms with Crippen molar-refractivity contribution in [3.63, 3.8) is 0 Å². The summed E-state index contributed by atoms with van der Waals surface area (Å²) in [6, 6.07) is 0. The highest BCUT2D eigenvalue weighted by Crippen LogP contribution is 2.27. The zero-order chi connectivity index (χ0) is 12.1. The molecule has 0 fully saturated rings. The van der Waals surface area contributed by atoms with Gasteiger partial charge >= 0.3 is 0 Å². The molecule has 0 rings (SSSR count). The highest BCUT2D eigenvalue weighted by Gasteiger charge is 2.24. The summed E-state index contributed by atoms with van der Waals surface area (Å²) in [5.74, 6) is 0. The maximum atomic E-state index is 6.06. The van der Waals surface area contributed by atoms with Crippen molar-refractivity contribution in [2.24, 2.45) is 0 Å². The van der Waals surface area contributed by atoms with Crippen molar-refractivity contribution < 1.29 is 0 Å². The van der Waals surface area contributed by atoms with E-state index in [0.717, 1.165) is 0 Å². The van der Waals surface area contributed by atoms with Crippen LogP contribution in [0.15, 0.2) is 35.9 Å². The number of halogens is 5. The molecule has 5 heteroatoms. The zero-order valence-corrected chi connectivity index (χ0v) is 11.8. The van der Waals surface area contributed by atoms with Crippen LogP contribution in [0.25, 0.3) is 0 Å². The fourth-order valence-electron chi connectivity index (χ4n) is 0.653. The number of allylic oxidation sites excluding steroid dienone is 4. The van der Waals surface area contributed by atoms with Crippen LogP contribution in [0.5, 0.6) is 0 Å². The quantitative estimate of drug-likeness (QED) is 0.369. The maximum Gasteiger partial charge on any atom is 0.133 e. The molecule has 0 aromatic heterocycles. The Hall–Kier alpha value is 0.670. The van der Waals surface area contributed by atoms with E-state index < -0.39 is 15.1 Å². The Morgan fingerprint density at radius 2 is 1.87 bits per heavy atom. The summed E-state index contributed by atoms with van der Waals surface area (Å²) in [4.78, 5) is -1.41. The summed E-state index contributed by atoms with van der Waals surface area (Å²) < 4.78 is 0. The third kappa shape index (κ3) is 5.51. The van der Waals surface area contributed by atoms with Gasteiger partial charge in [0.15, 0.2) is 0 Å². The van der Waals surface area contributed by atoms with Gasteiger partial charge in [-0.15, -0.1) is 53.0 Å². The molecule has 0 N–H and O–H groups in total. The summed E-state index contributed by atoms with van der Waals surface area (Å²) in [6.07, 6.45) is 4.88. The molecule has 0 amide bonds. The molecule has 0 spiro atoms. The van der Waals surface area contributed by atoms with Gasteiger partial charge in [-0.05, 0) is 12.5 Å². The van der Waals surface area contributed by atoms with Crippen molar-refractivity contribution in [3.8, 4) is 0 Å². The van der Waals surface area contributed by atoms with Gasteiger partial charge in [0, 0.05) is 5.54 Å². The number of hydrogen-bond donors (Lipinski definition) is 0. The summed E-state index contributed by atoms with van der Waals surface area (Å²) in [5, 5.41) is -0.421. The third-order valence-corrected chi connectivity index (χ3v) is 3.63. The van der Waals surface area contributed by atoms with Crippen molar-refractivity contribution in [1.82, 2.24) is 0 Å². The van der Waals surface area contributed by atoms with E-state index in [-0.39, 0.29) is 0 Å². The van der Waals surface area contributed by atoms with Crippen LogP contribution < -0.4 is 0 Å². The molecule has 0 saturated heterocycles. The lowest BCUT2D eigenvalue weighted by Crippen LogP contribution is -2.24. The smallest absolute Gasteiger partial charge is 0.116 e. The molecule has 15 heavy (non-hydrogen) atoms. The Morgan fingerprint density at radius 3 is 2.20 bits per heavy atom. The minimum absolute atomic E-state index is 0.421. The molecule has 0 aliphatic heterocycles. The predicted octanol–water partition coefficient (Wildman–Crippen LogP) is 5.26. The molecule has 0 bridgehead atoms. The molecule has 2 atom stereocenters. The van der Waals surface area contributed by atoms with Crippen LogP contribution in [0.1, 0.15) is 6.92 Å². The fraction of sp³-hybridized carbons (Fsp3) is 0.400. The average molecular weight is 308 g/mol. The highest BCUT2D eigenvalue weighted by molar-refractivity contribution is 6.47. The van der Waals surface area contributed by atoms with Crippen LogP contribution in [0.4, 0.5) is 0 Å². The normalized spacial score (nSPS) is 19.3. The zero-order valence-electron chi connectivity index (χ0n) is 8.06. The van der Waals surface area contributed by atoms with Crippen LogP contribution in [0.3, 0.4) is 0 Å². The van der Waals surface area contributed by atoms with E-state index in [4.69, 9.17) is 58.0 Å². The van der Waals surface area contributed by atoms with Gasteiger partial charge in [0.25, 0.3) is 0 Å². The van der Waals surface area contributed by atoms with E-state index in [0.29, 0.717) is 5.57 Å². The van der Waals surface area contributed by atoms with E-state index in [9.17, 15) is 0 Å². The van der Waals surface area contributed by atoms with Gasteiger partial charge in [-0.25, -0.2) is 0 Å². The largest absolute Gasteiger partial charge is 0.133 e. The van der Waals surface area contributed by atoms with E-state index >= 15 is 0 Å². The van der Waals surface area contributed by atoms with Gasteiger partial charge in [-0.2, -0.15) is 0 Å². The standard InChI is InChI=1S/C10H11Cl5/c1-3-10(2,15)8(12)5-4-7(6-11)9(13)14/h3-6,8-9H,1H2,2H3. The SMILES string of the molecule is C=CC(C)(Cl)C(Cl)C=CC(=CCl)C(Cl)Cl. The van der Waals surface area contributed by atoms with Gasteiger partial charge in [-0.1, -0.05) is 29.8 Å². The van der Waals surface area contributed by atoms with E-state index in [1.54, 1.807) is 25.2 Å². The van der Waals surface area contributed by atoms with Crippen LogP contribution in [0.2, 0.25) is 0 Å². The lowest BCUT2D eigenvalue weighted by molar-refractivity contribution is 0.801. The molecule has 2 unspecified atom stereocenters. The Labute approximate surface area is 115 Å². The molecule has 0 radical (unpaired) electrons. The topological polar surface area (TPSA) is 0 Å². The fourth-order valence-corrected chi connectivity index (χ4v) is 1.49. The molecule has 0 aliphatic rings. The van der Waals surface area contributed by atoms with Crippen molar-refractivity contribution in [1.29, 1.82) is 0 Å². The summed E-state index contributed by atoms with van der Waals surface area (Å²) in [7, 11) is 0. The van der Waals surface area contributed by atoms with Crippen molar-refractivity contribution in [3.05, 3.63) is 35.9 Å². The van der Waals surface area contributed by atoms with Crippen LogP contribution in [-0.4, -0.2) is 15.1 Å². The van der Waals surface area contributed by atoms with E-state index in [1.165, 1.54) is 5.54 Å². The minimum atomic E-state index is -0.719. The molecular formula is C10H11Cl5. The predicted molar refractivity (Wildman–Crippen MR) is 72.7 cm³/mol. The molecule has 0 aromatic rings. The first kappa shape index (κ1) is 15.7. The Morgan fingerprint density at radius 1 is 1.33 bits per heavy atom. The highest BCUT2D eigenvalue weighted by atomic mass is 35.5. The molecule has 86 valence electrons. The van der Waals surface area contributed by atoms with E-state index in [1.807, 2.05) is 0 Å². The first-order valence-corrected chi connectivity index (χ1v) is 6.20. The lowest BCUT2D eigenvalue weighted by atomic mass is 10.1. The summed E-state index contributed by atoms with van der Waals surface area (Å²) >= 11 is 28.9. The van der Waals surface area contributed by atoms with Crippen molar-refractivity contribution in [2.75, 3.05) is 0 Å². The van der Waals surface area contributed by atoms with Gasteiger partial charge in [0.2, 0.25) is 0 Å². The minimum Gasteiger partial charge on any atom is -0.116 e. The lowest BCUT2D eigenvalue weighted by Gasteiger charge is -2.20. The molecule has 0 aromatic carbocycles. The van der Waals surface area contributed by atoms with Crippen LogP contribution in [0, 0.1) is 0 Å². The Bertz CT molecular complexity index is 265. The molecule has 0 saturated carbocycles. The molecule has 0 heterocycles. The van der Waals surface area contributed by atoms with Gasteiger partial charge in [0.05, 0.1) is 10.3 Å². The maximum absolute atomic E-state index is 6.06. The summed E-state index contributed by atoms with van der Waals surface area (Å²) in [5.41, 5.74) is 1.85. The van der Waals surface area contributed by atoms with Gasteiger partial charge < -0.3 is 0 Å². The number of alkyl halides is 4. The van der Waals surface area contributed by atoms with Crippen molar-refractivity contribution in [2.45, 2.75) is 22.0 Å². The van der Waals surface area contributed by atoms with Gasteiger partial charge in [0.1, 0.15) is 4.84 Å². The monoisotopic (exact) mass is 306 g/mol. The first-order chi connectivity index (χ1) is 6.85. The second-order valence-corrected chi connectivity index (χ2v) is 5.63. The molecule has 0 aliphatic carbocycles. The Balaban J connectivity index is 4.60. The average Bonchev–Trinajstić information content (AvgIpc) is 2.17. The van der Waals surface area contributed by atoms with Crippen LogP contribution >= 0.6 is 58.0 Å². The van der Waals surface area contributed by atoms with Gasteiger partial charge in [-0.3, -0.25) is 0 Å².